The molecule has 0 aliphatic heterocycles. The molecule has 0 saturated heterocycles. The van der Waals surface area contributed by atoms with Crippen molar-refractivity contribution in [2.75, 3.05) is 12.3 Å². The molecule has 0 unspecified atom stereocenters. The Bertz CT molecular complexity index is 1300. The number of nitrogen functional groups attached to an aromatic ring is 1. The van der Waals surface area contributed by atoms with Crippen LogP contribution in [-0.2, 0) is 16.4 Å². The molecule has 2 aromatic carbocycles. The molecule has 0 radical (unpaired) electrons. The second-order valence-electron chi connectivity index (χ2n) is 6.29. The minimum atomic E-state index is -3.99. The van der Waals surface area contributed by atoms with E-state index in [1.807, 2.05) is 6.07 Å². The summed E-state index contributed by atoms with van der Waals surface area (Å²) in [6, 6.07) is 13.2. The Morgan fingerprint density at radius 2 is 1.79 bits per heavy atom. The molecule has 0 amide bonds. The van der Waals surface area contributed by atoms with Gasteiger partial charge in [-0.3, -0.25) is 0 Å². The summed E-state index contributed by atoms with van der Waals surface area (Å²) in [5.41, 5.74) is 8.03. The van der Waals surface area contributed by atoms with Gasteiger partial charge in [-0.25, -0.2) is 18.4 Å². The number of benzene rings is 2. The van der Waals surface area contributed by atoms with Crippen LogP contribution < -0.4 is 5.73 Å². The first-order valence-electron chi connectivity index (χ1n) is 8.59. The van der Waals surface area contributed by atoms with E-state index >= 15 is 0 Å². The largest absolute Gasteiger partial charge is 0.396 e. The maximum Gasteiger partial charge on any atom is 0.212 e. The number of nitrogens with two attached hydrogens (primary N) is 1. The van der Waals surface area contributed by atoms with Crippen molar-refractivity contribution in [3.8, 4) is 0 Å². The highest BCUT2D eigenvalue weighted by atomic mass is 35.5. The van der Waals surface area contributed by atoms with Gasteiger partial charge in [-0.2, -0.15) is 0 Å². The highest BCUT2D eigenvalue weighted by Crippen LogP contribution is 2.35. The first kappa shape index (κ1) is 18.7. The number of hydrogen-bond acceptors (Lipinski definition) is 6. The number of fused-ring (bicyclic) bond motifs is 2. The van der Waals surface area contributed by atoms with Gasteiger partial charge in [-0.1, -0.05) is 29.8 Å². The van der Waals surface area contributed by atoms with Gasteiger partial charge in [0.25, 0.3) is 0 Å². The first-order valence-corrected chi connectivity index (χ1v) is 10.5. The van der Waals surface area contributed by atoms with Gasteiger partial charge >= 0.3 is 0 Å². The molecule has 0 saturated carbocycles. The molecule has 4 aromatic rings. The third-order valence-electron chi connectivity index (χ3n) is 4.46. The maximum absolute atomic E-state index is 13.4. The van der Waals surface area contributed by atoms with Crippen LogP contribution in [0.5, 0.6) is 0 Å². The lowest BCUT2D eigenvalue weighted by molar-refractivity contribution is 0.281. The summed E-state index contributed by atoms with van der Waals surface area (Å²) in [7, 11) is -3.99. The zero-order valence-electron chi connectivity index (χ0n) is 14.7. The summed E-state index contributed by atoms with van der Waals surface area (Å²) in [6.45, 7) is 0.257. The first-order chi connectivity index (χ1) is 13.4. The number of nitrogens with zero attached hydrogens (tertiary/aromatic N) is 3. The summed E-state index contributed by atoms with van der Waals surface area (Å²) in [4.78, 5) is 9.06. The van der Waals surface area contributed by atoms with Gasteiger partial charge in [0, 0.05) is 18.2 Å². The molecule has 0 bridgehead atoms. The van der Waals surface area contributed by atoms with Crippen LogP contribution in [0.3, 0.4) is 0 Å². The Morgan fingerprint density at radius 1 is 1.07 bits per heavy atom. The minimum Gasteiger partial charge on any atom is -0.396 e. The van der Waals surface area contributed by atoms with Crippen molar-refractivity contribution in [3.05, 3.63) is 53.6 Å². The SMILES string of the molecule is Nc1c(S(=O)(=O)c2cccc(Cl)c2)c2nc3ccccc3nc2n1CCCO. The molecule has 2 heterocycles. The van der Waals surface area contributed by atoms with Crippen molar-refractivity contribution >= 4 is 49.5 Å². The van der Waals surface area contributed by atoms with Crippen molar-refractivity contribution in [1.29, 1.82) is 0 Å². The van der Waals surface area contributed by atoms with Crippen molar-refractivity contribution in [2.24, 2.45) is 0 Å². The number of hydrogen-bond donors (Lipinski definition) is 2. The lowest BCUT2D eigenvalue weighted by Gasteiger charge is -2.07. The number of aryl methyl sites for hydroxylation is 1. The fraction of sp³-hybridized carbons (Fsp3) is 0.158. The molecule has 0 spiro atoms. The predicted molar refractivity (Wildman–Crippen MR) is 108 cm³/mol. The van der Waals surface area contributed by atoms with Gasteiger partial charge in [0.05, 0.1) is 15.9 Å². The Hall–Kier alpha value is -2.68. The monoisotopic (exact) mass is 416 g/mol. The predicted octanol–water partition coefficient (Wildman–Crippen LogP) is 3.04. The van der Waals surface area contributed by atoms with Crippen molar-refractivity contribution in [3.63, 3.8) is 0 Å². The molecule has 2 aromatic heterocycles. The Labute approximate surface area is 166 Å². The normalized spacial score (nSPS) is 12.1. The quantitative estimate of drug-likeness (QED) is 0.517. The molecule has 0 atom stereocenters. The van der Waals surface area contributed by atoms with E-state index in [1.165, 1.54) is 12.1 Å². The van der Waals surface area contributed by atoms with Gasteiger partial charge in [-0.05, 0) is 36.8 Å². The van der Waals surface area contributed by atoms with Crippen LogP contribution in [0, 0.1) is 0 Å². The van der Waals surface area contributed by atoms with Crippen LogP contribution in [-0.4, -0.2) is 34.7 Å². The zero-order valence-corrected chi connectivity index (χ0v) is 16.3. The smallest absolute Gasteiger partial charge is 0.212 e. The summed E-state index contributed by atoms with van der Waals surface area (Å²) in [6.07, 6.45) is 0.402. The number of aromatic nitrogens is 3. The molecular weight excluding hydrogens is 400 g/mol. The standard InChI is InChI=1S/C19H17ClN4O3S/c20-12-5-3-6-13(11-12)28(26,27)17-16-19(24(18(17)21)9-4-10-25)23-15-8-2-1-7-14(15)22-16/h1-3,5-8,11,25H,4,9-10,21H2. The van der Waals surface area contributed by atoms with Crippen LogP contribution in [0.25, 0.3) is 22.2 Å². The molecule has 4 rings (SSSR count). The number of sulfone groups is 1. The van der Waals surface area contributed by atoms with E-state index in [4.69, 9.17) is 17.3 Å². The van der Waals surface area contributed by atoms with Gasteiger partial charge in [0.15, 0.2) is 5.65 Å². The second-order valence-corrected chi connectivity index (χ2v) is 8.61. The van der Waals surface area contributed by atoms with Crippen LogP contribution >= 0.6 is 11.6 Å². The molecule has 9 heteroatoms. The van der Waals surface area contributed by atoms with Crippen LogP contribution in [0.4, 0.5) is 5.82 Å². The molecule has 144 valence electrons. The summed E-state index contributed by atoms with van der Waals surface area (Å²) in [5, 5.41) is 9.52. The summed E-state index contributed by atoms with van der Waals surface area (Å²) in [5.74, 6) is 0.0405. The Kier molecular flexibility index (Phi) is 4.70. The molecule has 28 heavy (non-hydrogen) atoms. The average molecular weight is 417 g/mol. The molecule has 0 fully saturated rings. The number of anilines is 1. The number of rotatable bonds is 5. The number of halogens is 1. The van der Waals surface area contributed by atoms with E-state index in [9.17, 15) is 13.5 Å². The Balaban J connectivity index is 2.07. The molecule has 0 aliphatic carbocycles. The van der Waals surface area contributed by atoms with E-state index in [-0.39, 0.29) is 27.7 Å². The Morgan fingerprint density at radius 3 is 2.46 bits per heavy atom. The second kappa shape index (κ2) is 7.05. The molecule has 0 aliphatic rings. The topological polar surface area (TPSA) is 111 Å². The average Bonchev–Trinajstić information content (AvgIpc) is 2.95. The summed E-state index contributed by atoms with van der Waals surface area (Å²) < 4.78 is 28.3. The molecular formula is C19H17ClN4O3S. The van der Waals surface area contributed by atoms with Crippen molar-refractivity contribution in [1.82, 2.24) is 14.5 Å². The minimum absolute atomic E-state index is 0.0304. The summed E-state index contributed by atoms with van der Waals surface area (Å²) >= 11 is 5.99. The lowest BCUT2D eigenvalue weighted by atomic mass is 10.3. The number of aliphatic hydroxyl groups excluding tert-OH is 1. The fourth-order valence-corrected chi connectivity index (χ4v) is 4.97. The highest BCUT2D eigenvalue weighted by Gasteiger charge is 2.30. The third kappa shape index (κ3) is 2.99. The van der Waals surface area contributed by atoms with Crippen LogP contribution in [0.15, 0.2) is 58.3 Å². The van der Waals surface area contributed by atoms with Crippen LogP contribution in [0.1, 0.15) is 6.42 Å². The van der Waals surface area contributed by atoms with Gasteiger partial charge in [0.1, 0.15) is 16.2 Å². The molecule has 7 nitrogen and oxygen atoms in total. The van der Waals surface area contributed by atoms with E-state index in [0.29, 0.717) is 34.7 Å². The van der Waals surface area contributed by atoms with Gasteiger partial charge in [0.2, 0.25) is 9.84 Å². The lowest BCUT2D eigenvalue weighted by Crippen LogP contribution is -2.09. The van der Waals surface area contributed by atoms with Crippen molar-refractivity contribution < 1.29 is 13.5 Å². The highest BCUT2D eigenvalue weighted by molar-refractivity contribution is 7.92. The number of para-hydroxylation sites is 2. The third-order valence-corrected chi connectivity index (χ3v) is 6.51. The zero-order chi connectivity index (χ0) is 19.9. The van der Waals surface area contributed by atoms with Crippen LogP contribution in [0.2, 0.25) is 5.02 Å². The number of aliphatic hydroxyl groups is 1. The fourth-order valence-electron chi connectivity index (χ4n) is 3.16. The van der Waals surface area contributed by atoms with E-state index in [1.54, 1.807) is 34.9 Å². The van der Waals surface area contributed by atoms with E-state index < -0.39 is 9.84 Å². The van der Waals surface area contributed by atoms with E-state index in [2.05, 4.69) is 9.97 Å². The van der Waals surface area contributed by atoms with E-state index in [0.717, 1.165) is 0 Å². The van der Waals surface area contributed by atoms with Gasteiger partial charge in [-0.15, -0.1) is 0 Å². The van der Waals surface area contributed by atoms with Gasteiger partial charge < -0.3 is 15.4 Å². The maximum atomic E-state index is 13.4. The van der Waals surface area contributed by atoms with Crippen molar-refractivity contribution in [2.45, 2.75) is 22.8 Å². The molecule has 3 N–H and O–H groups in total.